The Morgan fingerprint density at radius 2 is 2.44 bits per heavy atom. The van der Waals surface area contributed by atoms with Crippen molar-refractivity contribution in [3.05, 3.63) is 18.4 Å². The van der Waals surface area contributed by atoms with E-state index in [2.05, 4.69) is 19.2 Å². The van der Waals surface area contributed by atoms with Crippen molar-refractivity contribution in [2.24, 2.45) is 0 Å². The first-order valence-electron chi connectivity index (χ1n) is 3.34. The molecule has 0 aromatic rings. The summed E-state index contributed by atoms with van der Waals surface area (Å²) in [5.41, 5.74) is 2.73. The highest BCUT2D eigenvalue weighted by Gasteiger charge is 2.18. The van der Waals surface area contributed by atoms with E-state index < -0.39 is 0 Å². The van der Waals surface area contributed by atoms with Crippen molar-refractivity contribution >= 4 is 0 Å². The fraction of sp³-hybridized carbons (Fsp3) is 0.625. The Morgan fingerprint density at radius 1 is 1.67 bits per heavy atom. The standard InChI is InChI=1S/C8H12O/c1-3-4-8-6-5-7(2)9-8/h4,7-8H,1,5-6H2,2H3. The van der Waals surface area contributed by atoms with Gasteiger partial charge in [-0.1, -0.05) is 6.58 Å². The zero-order valence-electron chi connectivity index (χ0n) is 5.76. The second-order valence-corrected chi connectivity index (χ2v) is 2.43. The van der Waals surface area contributed by atoms with Crippen molar-refractivity contribution < 1.29 is 4.74 Å². The first-order chi connectivity index (χ1) is 4.33. The highest BCUT2D eigenvalue weighted by Crippen LogP contribution is 2.19. The van der Waals surface area contributed by atoms with E-state index in [9.17, 15) is 0 Å². The Hall–Kier alpha value is -0.520. The SMILES string of the molecule is C=C=CC1CCC(C)O1. The molecule has 0 aromatic carbocycles. The second kappa shape index (κ2) is 2.86. The fourth-order valence-electron chi connectivity index (χ4n) is 1.09. The van der Waals surface area contributed by atoms with Crippen LogP contribution in [0, 0.1) is 0 Å². The first kappa shape index (κ1) is 6.60. The molecule has 0 spiro atoms. The molecule has 50 valence electrons. The summed E-state index contributed by atoms with van der Waals surface area (Å²) in [6.45, 7) is 5.58. The average molecular weight is 124 g/mol. The van der Waals surface area contributed by atoms with Crippen molar-refractivity contribution in [1.29, 1.82) is 0 Å². The Labute approximate surface area is 56.0 Å². The minimum absolute atomic E-state index is 0.289. The van der Waals surface area contributed by atoms with E-state index in [-0.39, 0.29) is 6.10 Å². The van der Waals surface area contributed by atoms with Crippen LogP contribution in [0.1, 0.15) is 19.8 Å². The topological polar surface area (TPSA) is 9.23 Å². The highest BCUT2D eigenvalue weighted by atomic mass is 16.5. The van der Waals surface area contributed by atoms with Crippen molar-refractivity contribution in [2.45, 2.75) is 32.0 Å². The molecule has 1 saturated heterocycles. The van der Waals surface area contributed by atoms with Crippen molar-refractivity contribution in [3.8, 4) is 0 Å². The van der Waals surface area contributed by atoms with Gasteiger partial charge >= 0.3 is 0 Å². The molecule has 0 bridgehead atoms. The summed E-state index contributed by atoms with van der Waals surface area (Å²) in [4.78, 5) is 0. The van der Waals surface area contributed by atoms with E-state index >= 15 is 0 Å². The third-order valence-corrected chi connectivity index (χ3v) is 1.57. The zero-order chi connectivity index (χ0) is 6.69. The van der Waals surface area contributed by atoms with Gasteiger partial charge in [0, 0.05) is 0 Å². The van der Waals surface area contributed by atoms with E-state index in [4.69, 9.17) is 4.74 Å². The average Bonchev–Trinajstić information content (AvgIpc) is 2.17. The van der Waals surface area contributed by atoms with Crippen LogP contribution in [0.15, 0.2) is 18.4 Å². The monoisotopic (exact) mass is 124 g/mol. The molecule has 0 radical (unpaired) electrons. The molecule has 1 heterocycles. The molecular formula is C8H12O. The van der Waals surface area contributed by atoms with Gasteiger partial charge in [-0.25, -0.2) is 0 Å². The third-order valence-electron chi connectivity index (χ3n) is 1.57. The Bertz CT molecular complexity index is 134. The predicted octanol–water partition coefficient (Wildman–Crippen LogP) is 1.90. The van der Waals surface area contributed by atoms with Gasteiger partial charge in [-0.15, -0.1) is 5.73 Å². The van der Waals surface area contributed by atoms with Crippen LogP contribution in [0.2, 0.25) is 0 Å². The minimum atomic E-state index is 0.289. The molecule has 1 rings (SSSR count). The smallest absolute Gasteiger partial charge is 0.0833 e. The highest BCUT2D eigenvalue weighted by molar-refractivity contribution is 4.89. The number of ether oxygens (including phenoxy) is 1. The maximum absolute atomic E-state index is 5.44. The predicted molar refractivity (Wildman–Crippen MR) is 37.3 cm³/mol. The molecule has 1 aliphatic rings. The Balaban J connectivity index is 2.38. The summed E-state index contributed by atoms with van der Waals surface area (Å²) in [6.07, 6.45) is 4.91. The molecule has 0 aromatic heterocycles. The zero-order valence-corrected chi connectivity index (χ0v) is 5.76. The molecule has 1 heteroatoms. The van der Waals surface area contributed by atoms with Gasteiger partial charge in [0.25, 0.3) is 0 Å². The summed E-state index contributed by atoms with van der Waals surface area (Å²) >= 11 is 0. The first-order valence-corrected chi connectivity index (χ1v) is 3.34. The lowest BCUT2D eigenvalue weighted by atomic mass is 10.2. The van der Waals surface area contributed by atoms with Crippen molar-refractivity contribution in [2.75, 3.05) is 0 Å². The van der Waals surface area contributed by atoms with Gasteiger partial charge in [-0.05, 0) is 25.8 Å². The molecular weight excluding hydrogens is 112 g/mol. The molecule has 0 aliphatic carbocycles. The molecule has 1 nitrogen and oxygen atoms in total. The van der Waals surface area contributed by atoms with Crippen molar-refractivity contribution in [1.82, 2.24) is 0 Å². The Kier molecular flexibility index (Phi) is 2.10. The molecule has 0 N–H and O–H groups in total. The van der Waals surface area contributed by atoms with Crippen LogP contribution in [0.5, 0.6) is 0 Å². The maximum atomic E-state index is 5.44. The lowest BCUT2D eigenvalue weighted by molar-refractivity contribution is 0.0834. The normalized spacial score (nSPS) is 33.9. The molecule has 2 unspecified atom stereocenters. The molecule has 0 amide bonds. The lowest BCUT2D eigenvalue weighted by Crippen LogP contribution is -2.03. The largest absolute Gasteiger partial charge is 0.371 e. The summed E-state index contributed by atoms with van der Waals surface area (Å²) < 4.78 is 5.44. The summed E-state index contributed by atoms with van der Waals surface area (Å²) in [6, 6.07) is 0. The molecule has 0 saturated carbocycles. The van der Waals surface area contributed by atoms with Crippen LogP contribution in [0.4, 0.5) is 0 Å². The van der Waals surface area contributed by atoms with Gasteiger partial charge in [-0.3, -0.25) is 0 Å². The quantitative estimate of drug-likeness (QED) is 0.485. The van der Waals surface area contributed by atoms with Gasteiger partial charge < -0.3 is 4.74 Å². The minimum Gasteiger partial charge on any atom is -0.371 e. The lowest BCUT2D eigenvalue weighted by Gasteiger charge is -2.02. The van der Waals surface area contributed by atoms with Crippen LogP contribution >= 0.6 is 0 Å². The van der Waals surface area contributed by atoms with E-state index in [1.165, 1.54) is 6.42 Å². The van der Waals surface area contributed by atoms with E-state index in [1.54, 1.807) is 0 Å². The van der Waals surface area contributed by atoms with Gasteiger partial charge in [0.15, 0.2) is 0 Å². The molecule has 9 heavy (non-hydrogen) atoms. The fourth-order valence-corrected chi connectivity index (χ4v) is 1.09. The van der Waals surface area contributed by atoms with Crippen LogP contribution in [0.25, 0.3) is 0 Å². The van der Waals surface area contributed by atoms with Crippen LogP contribution < -0.4 is 0 Å². The van der Waals surface area contributed by atoms with Gasteiger partial charge in [-0.2, -0.15) is 0 Å². The number of rotatable bonds is 1. The third kappa shape index (κ3) is 1.70. The second-order valence-electron chi connectivity index (χ2n) is 2.43. The molecule has 2 atom stereocenters. The van der Waals surface area contributed by atoms with E-state index in [1.807, 2.05) is 6.08 Å². The summed E-state index contributed by atoms with van der Waals surface area (Å²) in [7, 11) is 0. The number of hydrogen-bond acceptors (Lipinski definition) is 1. The summed E-state index contributed by atoms with van der Waals surface area (Å²) in [5.74, 6) is 0. The summed E-state index contributed by atoms with van der Waals surface area (Å²) in [5, 5.41) is 0. The van der Waals surface area contributed by atoms with E-state index in [0.717, 1.165) is 6.42 Å². The van der Waals surface area contributed by atoms with Gasteiger partial charge in [0.2, 0.25) is 0 Å². The molecule has 1 aliphatic heterocycles. The van der Waals surface area contributed by atoms with Crippen LogP contribution in [-0.2, 0) is 4.74 Å². The molecule has 1 fully saturated rings. The number of hydrogen-bond donors (Lipinski definition) is 0. The maximum Gasteiger partial charge on any atom is 0.0833 e. The Morgan fingerprint density at radius 3 is 2.89 bits per heavy atom. The van der Waals surface area contributed by atoms with Gasteiger partial charge in [0.1, 0.15) is 0 Å². The van der Waals surface area contributed by atoms with E-state index in [0.29, 0.717) is 6.10 Å². The van der Waals surface area contributed by atoms with Gasteiger partial charge in [0.05, 0.1) is 12.2 Å². The van der Waals surface area contributed by atoms with Crippen LogP contribution in [-0.4, -0.2) is 12.2 Å². The van der Waals surface area contributed by atoms with Crippen molar-refractivity contribution in [3.63, 3.8) is 0 Å². The van der Waals surface area contributed by atoms with Crippen LogP contribution in [0.3, 0.4) is 0 Å².